The maximum atomic E-state index is 4.61. The van der Waals surface area contributed by atoms with Gasteiger partial charge < -0.3 is 5.32 Å². The molecule has 0 spiro atoms. The molecule has 1 unspecified atom stereocenters. The lowest BCUT2D eigenvalue weighted by atomic mass is 9.95. The fourth-order valence-corrected chi connectivity index (χ4v) is 2.74. The Bertz CT molecular complexity index is 599. The minimum atomic E-state index is 0.211. The summed E-state index contributed by atoms with van der Waals surface area (Å²) in [7, 11) is 2.04. The lowest BCUT2D eigenvalue weighted by Crippen LogP contribution is -2.26. The normalized spacial score (nSPS) is 12.6. The van der Waals surface area contributed by atoms with Gasteiger partial charge in [0.15, 0.2) is 0 Å². The summed E-state index contributed by atoms with van der Waals surface area (Å²) >= 11 is 0. The SMILES string of the molecule is CCCNC(c1cccc(C)c1C)c1cc(CC)nn1C. The van der Waals surface area contributed by atoms with E-state index < -0.39 is 0 Å². The Balaban J connectivity index is 2.47. The Morgan fingerprint density at radius 3 is 2.62 bits per heavy atom. The van der Waals surface area contributed by atoms with Crippen LogP contribution in [0.1, 0.15) is 54.4 Å². The van der Waals surface area contributed by atoms with Gasteiger partial charge in [-0.1, -0.05) is 32.0 Å². The number of hydrogen-bond donors (Lipinski definition) is 1. The summed E-state index contributed by atoms with van der Waals surface area (Å²) < 4.78 is 2.02. The molecule has 1 N–H and O–H groups in total. The molecular formula is C18H27N3. The molecule has 1 heterocycles. The van der Waals surface area contributed by atoms with Crippen LogP contribution in [0.5, 0.6) is 0 Å². The largest absolute Gasteiger partial charge is 0.305 e. The van der Waals surface area contributed by atoms with E-state index in [2.05, 4.69) is 62.4 Å². The van der Waals surface area contributed by atoms with Crippen molar-refractivity contribution in [2.75, 3.05) is 6.54 Å². The highest BCUT2D eigenvalue weighted by Crippen LogP contribution is 2.27. The smallest absolute Gasteiger partial charge is 0.0750 e. The first kappa shape index (κ1) is 15.8. The lowest BCUT2D eigenvalue weighted by Gasteiger charge is -2.22. The van der Waals surface area contributed by atoms with Gasteiger partial charge in [-0.2, -0.15) is 5.10 Å². The van der Waals surface area contributed by atoms with E-state index in [-0.39, 0.29) is 6.04 Å². The Hall–Kier alpha value is -1.61. The minimum absolute atomic E-state index is 0.211. The number of aromatic nitrogens is 2. The Labute approximate surface area is 128 Å². The van der Waals surface area contributed by atoms with E-state index in [1.165, 1.54) is 22.4 Å². The number of nitrogens with zero attached hydrogens (tertiary/aromatic N) is 2. The van der Waals surface area contributed by atoms with Crippen LogP contribution in [0.2, 0.25) is 0 Å². The molecule has 114 valence electrons. The molecule has 0 amide bonds. The van der Waals surface area contributed by atoms with Gasteiger partial charge in [-0.3, -0.25) is 4.68 Å². The molecule has 0 fully saturated rings. The van der Waals surface area contributed by atoms with Crippen LogP contribution < -0.4 is 5.32 Å². The topological polar surface area (TPSA) is 29.9 Å². The van der Waals surface area contributed by atoms with Crippen LogP contribution in [0.3, 0.4) is 0 Å². The average Bonchev–Trinajstić information content (AvgIpc) is 2.85. The molecule has 1 aromatic carbocycles. The van der Waals surface area contributed by atoms with Crippen molar-refractivity contribution in [2.45, 2.75) is 46.6 Å². The molecular weight excluding hydrogens is 258 g/mol. The van der Waals surface area contributed by atoms with Gasteiger partial charge in [0.05, 0.1) is 17.4 Å². The number of hydrogen-bond acceptors (Lipinski definition) is 2. The molecule has 3 nitrogen and oxygen atoms in total. The predicted octanol–water partition coefficient (Wildman–Crippen LogP) is 3.69. The van der Waals surface area contributed by atoms with Crippen LogP contribution in [-0.4, -0.2) is 16.3 Å². The highest BCUT2D eigenvalue weighted by molar-refractivity contribution is 5.39. The fraction of sp³-hybridized carbons (Fsp3) is 0.500. The first-order chi connectivity index (χ1) is 10.1. The van der Waals surface area contributed by atoms with Crippen molar-refractivity contribution < 1.29 is 0 Å². The number of rotatable bonds is 6. The molecule has 0 aliphatic rings. The van der Waals surface area contributed by atoms with Gasteiger partial charge in [0.1, 0.15) is 0 Å². The molecule has 1 atom stereocenters. The van der Waals surface area contributed by atoms with Gasteiger partial charge in [-0.15, -0.1) is 0 Å². The predicted molar refractivity (Wildman–Crippen MR) is 88.6 cm³/mol. The number of benzene rings is 1. The van der Waals surface area contributed by atoms with E-state index in [4.69, 9.17) is 0 Å². The van der Waals surface area contributed by atoms with Crippen LogP contribution in [-0.2, 0) is 13.5 Å². The third kappa shape index (κ3) is 3.35. The van der Waals surface area contributed by atoms with Gasteiger partial charge >= 0.3 is 0 Å². The minimum Gasteiger partial charge on any atom is -0.305 e. The molecule has 0 saturated heterocycles. The average molecular weight is 285 g/mol. The summed E-state index contributed by atoms with van der Waals surface area (Å²) in [5.74, 6) is 0. The van der Waals surface area contributed by atoms with Crippen molar-refractivity contribution in [2.24, 2.45) is 7.05 Å². The van der Waals surface area contributed by atoms with Crippen molar-refractivity contribution in [3.8, 4) is 0 Å². The van der Waals surface area contributed by atoms with E-state index in [1.54, 1.807) is 0 Å². The van der Waals surface area contributed by atoms with Crippen LogP contribution in [0, 0.1) is 13.8 Å². The second-order valence-corrected chi connectivity index (χ2v) is 5.71. The Morgan fingerprint density at radius 1 is 1.24 bits per heavy atom. The van der Waals surface area contributed by atoms with Gasteiger partial charge in [-0.25, -0.2) is 0 Å². The van der Waals surface area contributed by atoms with E-state index >= 15 is 0 Å². The zero-order valence-electron chi connectivity index (χ0n) is 13.9. The zero-order chi connectivity index (χ0) is 15.4. The second kappa shape index (κ2) is 6.90. The zero-order valence-corrected chi connectivity index (χ0v) is 13.9. The van der Waals surface area contributed by atoms with Crippen LogP contribution in [0.4, 0.5) is 0 Å². The molecule has 2 aromatic rings. The summed E-state index contributed by atoms with van der Waals surface area (Å²) in [5.41, 5.74) is 6.46. The highest BCUT2D eigenvalue weighted by Gasteiger charge is 2.20. The molecule has 0 saturated carbocycles. The molecule has 21 heavy (non-hydrogen) atoms. The summed E-state index contributed by atoms with van der Waals surface area (Å²) in [6.45, 7) is 9.75. The Morgan fingerprint density at radius 2 is 2.00 bits per heavy atom. The van der Waals surface area contributed by atoms with Gasteiger partial charge in [-0.05, 0) is 56.0 Å². The maximum Gasteiger partial charge on any atom is 0.0750 e. The molecule has 1 aromatic heterocycles. The molecule has 0 bridgehead atoms. The monoisotopic (exact) mass is 285 g/mol. The summed E-state index contributed by atoms with van der Waals surface area (Å²) in [4.78, 5) is 0. The van der Waals surface area contributed by atoms with Crippen LogP contribution >= 0.6 is 0 Å². The van der Waals surface area contributed by atoms with Crippen molar-refractivity contribution in [1.29, 1.82) is 0 Å². The third-order valence-electron chi connectivity index (χ3n) is 4.18. The maximum absolute atomic E-state index is 4.61. The fourth-order valence-electron chi connectivity index (χ4n) is 2.74. The van der Waals surface area contributed by atoms with Gasteiger partial charge in [0, 0.05) is 7.05 Å². The summed E-state index contributed by atoms with van der Waals surface area (Å²) in [6.07, 6.45) is 2.10. The van der Waals surface area contributed by atoms with Gasteiger partial charge in [0.25, 0.3) is 0 Å². The van der Waals surface area contributed by atoms with Gasteiger partial charge in [0.2, 0.25) is 0 Å². The van der Waals surface area contributed by atoms with E-state index in [1.807, 2.05) is 11.7 Å². The van der Waals surface area contributed by atoms with Crippen molar-refractivity contribution in [3.63, 3.8) is 0 Å². The second-order valence-electron chi connectivity index (χ2n) is 5.71. The molecule has 0 aliphatic heterocycles. The standard InChI is InChI=1S/C18H27N3/c1-6-11-19-18(16-10-8-9-13(3)14(16)4)17-12-15(7-2)20-21(17)5/h8-10,12,18-19H,6-7,11H2,1-5H3. The first-order valence-corrected chi connectivity index (χ1v) is 7.90. The van der Waals surface area contributed by atoms with Crippen LogP contribution in [0.25, 0.3) is 0 Å². The number of aryl methyl sites for hydroxylation is 3. The summed E-state index contributed by atoms with van der Waals surface area (Å²) in [6, 6.07) is 9.00. The molecule has 2 rings (SSSR count). The molecule has 3 heteroatoms. The highest BCUT2D eigenvalue weighted by atomic mass is 15.3. The van der Waals surface area contributed by atoms with Crippen molar-refractivity contribution in [3.05, 3.63) is 52.3 Å². The lowest BCUT2D eigenvalue weighted by molar-refractivity contribution is 0.551. The third-order valence-corrected chi connectivity index (χ3v) is 4.18. The van der Waals surface area contributed by atoms with Crippen molar-refractivity contribution >= 4 is 0 Å². The molecule has 0 aliphatic carbocycles. The van der Waals surface area contributed by atoms with Crippen LogP contribution in [0.15, 0.2) is 24.3 Å². The van der Waals surface area contributed by atoms with Crippen molar-refractivity contribution in [1.82, 2.24) is 15.1 Å². The van der Waals surface area contributed by atoms with E-state index in [9.17, 15) is 0 Å². The Kier molecular flexibility index (Phi) is 5.18. The number of nitrogens with one attached hydrogen (secondary N) is 1. The molecule has 0 radical (unpaired) electrons. The van der Waals surface area contributed by atoms with E-state index in [0.717, 1.165) is 25.1 Å². The first-order valence-electron chi connectivity index (χ1n) is 7.90. The quantitative estimate of drug-likeness (QED) is 0.877. The summed E-state index contributed by atoms with van der Waals surface area (Å²) in [5, 5.41) is 8.30. The van der Waals surface area contributed by atoms with E-state index in [0.29, 0.717) is 0 Å².